The fraction of sp³-hybridized carbons (Fsp3) is 0. The largest absolute Gasteiger partial charge is 0.297 e. The van der Waals surface area contributed by atoms with Crippen LogP contribution in [0.25, 0.3) is 22.4 Å². The molecule has 2 heterocycles. The molecule has 0 aliphatic heterocycles. The Labute approximate surface area is 170 Å². The van der Waals surface area contributed by atoms with Crippen molar-refractivity contribution in [2.45, 2.75) is 0 Å². The summed E-state index contributed by atoms with van der Waals surface area (Å²) in [7, 11) is 0. The van der Waals surface area contributed by atoms with Gasteiger partial charge in [-0.3, -0.25) is 9.59 Å². The van der Waals surface area contributed by atoms with E-state index in [9.17, 15) is 9.59 Å². The Morgan fingerprint density at radius 2 is 1.43 bits per heavy atom. The number of carbonyl (C=O) groups is 1. The number of nitrogens with zero attached hydrogens (tertiary/aromatic N) is 5. The van der Waals surface area contributed by atoms with Gasteiger partial charge < -0.3 is 0 Å². The minimum Gasteiger partial charge on any atom is -0.287 e. The van der Waals surface area contributed by atoms with E-state index in [2.05, 4.69) is 15.4 Å². The Kier molecular flexibility index (Phi) is 4.25. The third-order valence-corrected chi connectivity index (χ3v) is 4.74. The summed E-state index contributed by atoms with van der Waals surface area (Å²) in [6.45, 7) is 0. The summed E-state index contributed by atoms with van der Waals surface area (Å²) in [5.74, 6) is -0.286. The van der Waals surface area contributed by atoms with E-state index in [0.717, 1.165) is 0 Å². The molecule has 7 heteroatoms. The number of benzene rings is 3. The van der Waals surface area contributed by atoms with E-state index in [1.54, 1.807) is 48.5 Å². The van der Waals surface area contributed by atoms with Gasteiger partial charge in [-0.1, -0.05) is 65.9 Å². The van der Waals surface area contributed by atoms with Crippen molar-refractivity contribution in [3.63, 3.8) is 0 Å². The summed E-state index contributed by atoms with van der Waals surface area (Å²) in [5.41, 5.74) is 2.28. The highest BCUT2D eigenvalue weighted by Crippen LogP contribution is 2.16. The maximum atomic E-state index is 13.3. The molecule has 2 aromatic heterocycles. The fourth-order valence-electron chi connectivity index (χ4n) is 3.27. The van der Waals surface area contributed by atoms with E-state index < -0.39 is 5.56 Å². The molecule has 0 amide bonds. The summed E-state index contributed by atoms with van der Waals surface area (Å²) < 4.78 is 2.67. The first kappa shape index (κ1) is 17.7. The van der Waals surface area contributed by atoms with Gasteiger partial charge in [0.15, 0.2) is 0 Å². The van der Waals surface area contributed by atoms with Crippen molar-refractivity contribution in [3.05, 3.63) is 113 Å². The van der Waals surface area contributed by atoms with Crippen LogP contribution < -0.4 is 5.56 Å². The molecular weight excluding hydrogens is 378 g/mol. The fourth-order valence-corrected chi connectivity index (χ4v) is 3.27. The molecule has 0 saturated carbocycles. The average Bonchev–Trinajstić information content (AvgIpc) is 3.24. The molecule has 30 heavy (non-hydrogen) atoms. The highest BCUT2D eigenvalue weighted by molar-refractivity contribution is 6.07. The van der Waals surface area contributed by atoms with Crippen LogP contribution in [0.1, 0.15) is 16.1 Å². The predicted octanol–water partition coefficient (Wildman–Crippen LogP) is 3.20. The lowest BCUT2D eigenvalue weighted by atomic mass is 10.1. The average molecular weight is 393 g/mol. The summed E-state index contributed by atoms with van der Waals surface area (Å²) in [6, 6.07) is 26.6. The molecule has 0 bridgehead atoms. The molecule has 0 spiro atoms. The Balaban J connectivity index is 1.78. The molecule has 0 aliphatic carbocycles. The van der Waals surface area contributed by atoms with Crippen LogP contribution in [0.3, 0.4) is 0 Å². The minimum atomic E-state index is -0.401. The molecule has 0 fully saturated rings. The van der Waals surface area contributed by atoms with E-state index in [-0.39, 0.29) is 17.2 Å². The molecule has 0 N–H and O–H groups in total. The van der Waals surface area contributed by atoms with Crippen LogP contribution in [-0.4, -0.2) is 30.6 Å². The van der Waals surface area contributed by atoms with Gasteiger partial charge in [0.1, 0.15) is 16.9 Å². The van der Waals surface area contributed by atoms with Crippen LogP contribution in [0.5, 0.6) is 0 Å². The van der Waals surface area contributed by atoms with Gasteiger partial charge in [0.05, 0.1) is 11.2 Å². The SMILES string of the molecule is O=C(c1ccccc1)c1cc(-n2nnc3ccccc32)c(=O)n(-c2ccccc2)n1. The van der Waals surface area contributed by atoms with Crippen LogP contribution in [0.15, 0.2) is 95.8 Å². The molecule has 3 aromatic carbocycles. The van der Waals surface area contributed by atoms with E-state index >= 15 is 0 Å². The van der Waals surface area contributed by atoms with Crippen molar-refractivity contribution < 1.29 is 4.79 Å². The zero-order valence-corrected chi connectivity index (χ0v) is 15.7. The molecule has 144 valence electrons. The normalized spacial score (nSPS) is 10.9. The van der Waals surface area contributed by atoms with Gasteiger partial charge in [-0.2, -0.15) is 9.78 Å². The number of hydrogen-bond donors (Lipinski definition) is 0. The molecule has 0 aliphatic rings. The number of hydrogen-bond acceptors (Lipinski definition) is 5. The Morgan fingerprint density at radius 3 is 2.20 bits per heavy atom. The van der Waals surface area contributed by atoms with E-state index in [4.69, 9.17) is 0 Å². The van der Waals surface area contributed by atoms with Gasteiger partial charge in [0.25, 0.3) is 5.56 Å². The summed E-state index contributed by atoms with van der Waals surface area (Å²) in [4.78, 5) is 26.4. The molecule has 7 nitrogen and oxygen atoms in total. The van der Waals surface area contributed by atoms with Gasteiger partial charge in [-0.15, -0.1) is 5.10 Å². The number of aromatic nitrogens is 5. The van der Waals surface area contributed by atoms with Crippen LogP contribution >= 0.6 is 0 Å². The predicted molar refractivity (Wildman–Crippen MR) is 112 cm³/mol. The second-order valence-corrected chi connectivity index (χ2v) is 6.65. The summed E-state index contributed by atoms with van der Waals surface area (Å²) in [5, 5.41) is 12.6. The third kappa shape index (κ3) is 2.98. The summed E-state index contributed by atoms with van der Waals surface area (Å²) >= 11 is 0. The van der Waals surface area contributed by atoms with Gasteiger partial charge in [0.2, 0.25) is 5.78 Å². The molecule has 5 rings (SSSR count). The third-order valence-electron chi connectivity index (χ3n) is 4.74. The van der Waals surface area contributed by atoms with Gasteiger partial charge in [-0.25, -0.2) is 4.68 Å². The second-order valence-electron chi connectivity index (χ2n) is 6.65. The first-order chi connectivity index (χ1) is 14.7. The Morgan fingerprint density at radius 1 is 0.767 bits per heavy atom. The maximum Gasteiger partial charge on any atom is 0.297 e. The van der Waals surface area contributed by atoms with Crippen LogP contribution in [0, 0.1) is 0 Å². The number of para-hydroxylation sites is 2. The van der Waals surface area contributed by atoms with Gasteiger partial charge in [0, 0.05) is 11.6 Å². The zero-order valence-electron chi connectivity index (χ0n) is 15.7. The van der Waals surface area contributed by atoms with Crippen LogP contribution in [0.4, 0.5) is 0 Å². The quantitative estimate of drug-likeness (QED) is 0.438. The number of fused-ring (bicyclic) bond motifs is 1. The molecular formula is C23H15N5O2. The van der Waals surface area contributed by atoms with Crippen molar-refractivity contribution >= 4 is 16.8 Å². The van der Waals surface area contributed by atoms with Gasteiger partial charge in [-0.05, 0) is 24.3 Å². The molecule has 0 unspecified atom stereocenters. The first-order valence-electron chi connectivity index (χ1n) is 9.33. The topological polar surface area (TPSA) is 82.7 Å². The lowest BCUT2D eigenvalue weighted by Gasteiger charge is -2.10. The van der Waals surface area contributed by atoms with Crippen molar-refractivity contribution in [1.29, 1.82) is 0 Å². The Bertz CT molecular complexity index is 1420. The summed E-state index contributed by atoms with van der Waals surface area (Å²) in [6.07, 6.45) is 0. The van der Waals surface area contributed by atoms with E-state index in [1.165, 1.54) is 15.4 Å². The van der Waals surface area contributed by atoms with Crippen LogP contribution in [-0.2, 0) is 0 Å². The Hall–Kier alpha value is -4.39. The second kappa shape index (κ2) is 7.21. The van der Waals surface area contributed by atoms with E-state index in [0.29, 0.717) is 22.3 Å². The number of carbonyl (C=O) groups excluding carboxylic acids is 1. The molecule has 0 radical (unpaired) electrons. The molecule has 0 atom stereocenters. The van der Waals surface area contributed by atoms with Crippen LogP contribution in [0.2, 0.25) is 0 Å². The smallest absolute Gasteiger partial charge is 0.287 e. The molecule has 5 aromatic rings. The lowest BCUT2D eigenvalue weighted by molar-refractivity contribution is 0.103. The van der Waals surface area contributed by atoms with Crippen molar-refractivity contribution in [1.82, 2.24) is 24.8 Å². The maximum absolute atomic E-state index is 13.3. The highest BCUT2D eigenvalue weighted by Gasteiger charge is 2.19. The monoisotopic (exact) mass is 393 g/mol. The number of rotatable bonds is 4. The standard InChI is InChI=1S/C23H15N5O2/c29-22(16-9-3-1-4-10-16)19-15-21(28-20-14-8-7-13-18(20)24-26-28)23(30)27(25-19)17-11-5-2-6-12-17/h1-15H. The highest BCUT2D eigenvalue weighted by atomic mass is 16.1. The van der Waals surface area contributed by atoms with Crippen molar-refractivity contribution in [3.8, 4) is 11.4 Å². The lowest BCUT2D eigenvalue weighted by Crippen LogP contribution is -2.28. The zero-order chi connectivity index (χ0) is 20.5. The molecule has 0 saturated heterocycles. The van der Waals surface area contributed by atoms with Crippen molar-refractivity contribution in [2.24, 2.45) is 0 Å². The van der Waals surface area contributed by atoms with E-state index in [1.807, 2.05) is 36.4 Å². The number of ketones is 1. The minimum absolute atomic E-state index is 0.138. The van der Waals surface area contributed by atoms with Gasteiger partial charge >= 0.3 is 0 Å². The first-order valence-corrected chi connectivity index (χ1v) is 9.33. The van der Waals surface area contributed by atoms with Crippen molar-refractivity contribution in [2.75, 3.05) is 0 Å².